The van der Waals surface area contributed by atoms with E-state index in [1.807, 2.05) is 18.7 Å². The largest absolute Gasteiger partial charge is 0.338 e. The monoisotopic (exact) mass is 385 g/mol. The predicted molar refractivity (Wildman–Crippen MR) is 109 cm³/mol. The summed E-state index contributed by atoms with van der Waals surface area (Å²) in [6.07, 6.45) is 4.43. The molecule has 152 valence electrons. The summed E-state index contributed by atoms with van der Waals surface area (Å²) in [5.74, 6) is -0.102. The van der Waals surface area contributed by atoms with E-state index in [1.165, 1.54) is 4.90 Å². The van der Waals surface area contributed by atoms with Gasteiger partial charge in [-0.05, 0) is 75.1 Å². The van der Waals surface area contributed by atoms with Crippen molar-refractivity contribution in [2.24, 2.45) is 11.8 Å². The van der Waals surface area contributed by atoms with Gasteiger partial charge in [0.1, 0.15) is 0 Å². The van der Waals surface area contributed by atoms with Crippen LogP contribution in [0.25, 0.3) is 0 Å². The number of anilines is 1. The van der Waals surface area contributed by atoms with Crippen molar-refractivity contribution in [2.75, 3.05) is 25.5 Å². The topological polar surface area (TPSA) is 69.7 Å². The van der Waals surface area contributed by atoms with Crippen molar-refractivity contribution in [3.63, 3.8) is 0 Å². The minimum Gasteiger partial charge on any atom is -0.338 e. The smallest absolute Gasteiger partial charge is 0.313 e. The van der Waals surface area contributed by atoms with E-state index in [1.54, 1.807) is 25.2 Å². The van der Waals surface area contributed by atoms with Gasteiger partial charge in [-0.15, -0.1) is 0 Å². The number of hydrogen-bond acceptors (Lipinski definition) is 3. The Hall–Kier alpha value is -2.37. The zero-order chi connectivity index (χ0) is 20.4. The molecule has 3 amide bonds. The van der Waals surface area contributed by atoms with Crippen molar-refractivity contribution >= 4 is 23.4 Å². The van der Waals surface area contributed by atoms with Gasteiger partial charge in [-0.25, -0.2) is 0 Å². The number of carbonyl (C=O) groups excluding carboxylic acids is 3. The first-order chi connectivity index (χ1) is 13.3. The zero-order valence-electron chi connectivity index (χ0n) is 17.3. The minimum atomic E-state index is -0.637. The second-order valence-corrected chi connectivity index (χ2v) is 8.48. The molecular weight excluding hydrogens is 354 g/mol. The molecule has 0 spiro atoms. The Labute approximate surface area is 167 Å². The number of likely N-dealkylation sites (tertiary alicyclic amines) is 1. The average molecular weight is 386 g/mol. The summed E-state index contributed by atoms with van der Waals surface area (Å²) in [5, 5.41) is 2.70. The predicted octanol–water partition coefficient (Wildman–Crippen LogP) is 3.06. The van der Waals surface area contributed by atoms with Crippen LogP contribution in [0.15, 0.2) is 18.2 Å². The summed E-state index contributed by atoms with van der Waals surface area (Å²) in [5.41, 5.74) is 1.96. The Kier molecular flexibility index (Phi) is 6.06. The van der Waals surface area contributed by atoms with Gasteiger partial charge < -0.3 is 15.1 Å². The third kappa shape index (κ3) is 4.54. The Bertz CT molecular complexity index is 772. The van der Waals surface area contributed by atoms with Crippen LogP contribution in [-0.2, 0) is 9.59 Å². The van der Waals surface area contributed by atoms with Crippen LogP contribution in [0.1, 0.15) is 55.5 Å². The number of benzene rings is 1. The lowest BCUT2D eigenvalue weighted by molar-refractivity contribution is -0.143. The van der Waals surface area contributed by atoms with Crippen molar-refractivity contribution in [1.29, 1.82) is 0 Å². The molecule has 1 aromatic carbocycles. The molecule has 1 aliphatic carbocycles. The van der Waals surface area contributed by atoms with Gasteiger partial charge in [0.25, 0.3) is 5.91 Å². The molecule has 0 radical (unpaired) electrons. The zero-order valence-corrected chi connectivity index (χ0v) is 17.3. The van der Waals surface area contributed by atoms with Crippen molar-refractivity contribution in [3.05, 3.63) is 29.3 Å². The third-order valence-corrected chi connectivity index (χ3v) is 6.10. The van der Waals surface area contributed by atoms with E-state index in [0.29, 0.717) is 23.1 Å². The number of hydrogen-bond donors (Lipinski definition) is 1. The maximum Gasteiger partial charge on any atom is 0.313 e. The average Bonchev–Trinajstić information content (AvgIpc) is 3.52. The van der Waals surface area contributed by atoms with E-state index < -0.39 is 11.8 Å². The van der Waals surface area contributed by atoms with Crippen LogP contribution in [-0.4, -0.2) is 53.7 Å². The fourth-order valence-electron chi connectivity index (χ4n) is 3.91. The molecule has 1 saturated heterocycles. The Morgan fingerprint density at radius 3 is 2.54 bits per heavy atom. The summed E-state index contributed by atoms with van der Waals surface area (Å²) in [6, 6.07) is 5.31. The van der Waals surface area contributed by atoms with Crippen LogP contribution in [0.4, 0.5) is 5.69 Å². The van der Waals surface area contributed by atoms with Crippen molar-refractivity contribution in [1.82, 2.24) is 9.80 Å². The van der Waals surface area contributed by atoms with Crippen molar-refractivity contribution in [2.45, 2.75) is 52.5 Å². The number of piperidine rings is 1. The van der Waals surface area contributed by atoms with E-state index in [4.69, 9.17) is 0 Å². The lowest BCUT2D eigenvalue weighted by atomic mass is 9.99. The van der Waals surface area contributed by atoms with E-state index >= 15 is 0 Å². The molecule has 1 saturated carbocycles. The highest BCUT2D eigenvalue weighted by Crippen LogP contribution is 2.34. The molecule has 1 aromatic rings. The molecule has 1 aliphatic heterocycles. The molecule has 3 rings (SSSR count). The van der Waals surface area contributed by atoms with Crippen LogP contribution in [0, 0.1) is 18.8 Å². The Morgan fingerprint density at radius 1 is 1.21 bits per heavy atom. The van der Waals surface area contributed by atoms with Gasteiger partial charge in [0.05, 0.1) is 0 Å². The maximum absolute atomic E-state index is 12.8. The summed E-state index contributed by atoms with van der Waals surface area (Å²) >= 11 is 0. The molecule has 2 fully saturated rings. The molecule has 2 aliphatic rings. The number of aryl methyl sites for hydroxylation is 1. The maximum atomic E-state index is 12.8. The van der Waals surface area contributed by atoms with Crippen LogP contribution in [0.5, 0.6) is 0 Å². The van der Waals surface area contributed by atoms with Gasteiger partial charge in [-0.2, -0.15) is 0 Å². The number of amides is 3. The highest BCUT2D eigenvalue weighted by molar-refractivity contribution is 6.39. The van der Waals surface area contributed by atoms with Crippen LogP contribution in [0.2, 0.25) is 0 Å². The summed E-state index contributed by atoms with van der Waals surface area (Å²) in [6.45, 7) is 7.57. The minimum absolute atomic E-state index is 0.0293. The molecular formula is C22H31N3O3. The molecule has 0 aromatic heterocycles. The first-order valence-electron chi connectivity index (χ1n) is 10.3. The number of nitrogens with one attached hydrogen (secondary N) is 1. The van der Waals surface area contributed by atoms with Gasteiger partial charge >= 0.3 is 11.8 Å². The SMILES string of the molecule is Cc1cc(C(=O)N2CCCC(C)C2)ccc1NC(=O)C(=O)N(C)C(C)C1CC1. The van der Waals surface area contributed by atoms with E-state index in [2.05, 4.69) is 12.2 Å². The standard InChI is InChI=1S/C22H31N3O3/c1-14-6-5-11-25(13-14)21(27)18-9-10-19(15(2)12-18)23-20(26)22(28)24(4)16(3)17-7-8-17/h9-10,12,14,16-17H,5-8,11,13H2,1-4H3,(H,23,26). The fourth-order valence-corrected chi connectivity index (χ4v) is 3.91. The van der Waals surface area contributed by atoms with Crippen LogP contribution < -0.4 is 5.32 Å². The molecule has 28 heavy (non-hydrogen) atoms. The first kappa shape index (κ1) is 20.4. The fraction of sp³-hybridized carbons (Fsp3) is 0.591. The number of rotatable bonds is 4. The number of carbonyl (C=O) groups is 3. The summed E-state index contributed by atoms with van der Waals surface area (Å²) in [4.78, 5) is 41.0. The second-order valence-electron chi connectivity index (χ2n) is 8.48. The first-order valence-corrected chi connectivity index (χ1v) is 10.3. The van der Waals surface area contributed by atoms with Gasteiger partial charge in [-0.3, -0.25) is 14.4 Å². The van der Waals surface area contributed by atoms with Crippen molar-refractivity contribution in [3.8, 4) is 0 Å². The summed E-state index contributed by atoms with van der Waals surface area (Å²) in [7, 11) is 1.68. The van der Waals surface area contributed by atoms with Crippen molar-refractivity contribution < 1.29 is 14.4 Å². The Morgan fingerprint density at radius 2 is 1.93 bits per heavy atom. The highest BCUT2D eigenvalue weighted by atomic mass is 16.2. The Balaban J connectivity index is 1.64. The molecule has 2 atom stereocenters. The van der Waals surface area contributed by atoms with Gasteiger partial charge in [0.2, 0.25) is 0 Å². The lowest BCUT2D eigenvalue weighted by Gasteiger charge is -2.31. The molecule has 1 heterocycles. The van der Waals surface area contributed by atoms with Gasteiger partial charge in [0, 0.05) is 37.4 Å². The van der Waals surface area contributed by atoms with Crippen LogP contribution in [0.3, 0.4) is 0 Å². The lowest BCUT2D eigenvalue weighted by Crippen LogP contribution is -2.43. The van der Waals surface area contributed by atoms with E-state index in [0.717, 1.165) is 44.3 Å². The van der Waals surface area contributed by atoms with Gasteiger partial charge in [-0.1, -0.05) is 6.92 Å². The van der Waals surface area contributed by atoms with E-state index in [9.17, 15) is 14.4 Å². The van der Waals surface area contributed by atoms with Crippen LogP contribution >= 0.6 is 0 Å². The second kappa shape index (κ2) is 8.33. The molecule has 6 nitrogen and oxygen atoms in total. The third-order valence-electron chi connectivity index (χ3n) is 6.10. The highest BCUT2D eigenvalue weighted by Gasteiger charge is 2.34. The normalized spacial score (nSPS) is 20.4. The molecule has 0 bridgehead atoms. The number of likely N-dealkylation sites (N-methyl/N-ethyl adjacent to an activating group) is 1. The quantitative estimate of drug-likeness (QED) is 0.810. The molecule has 1 N–H and O–H groups in total. The summed E-state index contributed by atoms with van der Waals surface area (Å²) < 4.78 is 0. The van der Waals surface area contributed by atoms with E-state index in [-0.39, 0.29) is 11.9 Å². The van der Waals surface area contributed by atoms with Gasteiger partial charge in [0.15, 0.2) is 0 Å². The molecule has 6 heteroatoms. The number of nitrogens with zero attached hydrogens (tertiary/aromatic N) is 2. The molecule has 2 unspecified atom stereocenters.